The highest BCUT2D eigenvalue weighted by Crippen LogP contribution is 2.34. The van der Waals surface area contributed by atoms with Crippen LogP contribution in [0.5, 0.6) is 5.75 Å². The molecule has 1 amide bonds. The van der Waals surface area contributed by atoms with E-state index in [9.17, 15) is 14.9 Å². The number of carbonyl (C=O) groups is 1. The van der Waals surface area contributed by atoms with Crippen molar-refractivity contribution < 1.29 is 14.5 Å². The Bertz CT molecular complexity index is 773. The molecule has 1 saturated carbocycles. The molecule has 1 fully saturated rings. The third-order valence-corrected chi connectivity index (χ3v) is 5.49. The summed E-state index contributed by atoms with van der Waals surface area (Å²) in [6.45, 7) is -0.209. The van der Waals surface area contributed by atoms with Crippen molar-refractivity contribution in [1.29, 1.82) is 0 Å². The van der Waals surface area contributed by atoms with Crippen molar-refractivity contribution in [3.8, 4) is 5.75 Å². The number of thioether (sulfide) groups is 1. The van der Waals surface area contributed by atoms with E-state index in [1.807, 2.05) is 36.0 Å². The first kappa shape index (κ1) is 18.3. The van der Waals surface area contributed by atoms with E-state index in [1.54, 1.807) is 6.07 Å². The van der Waals surface area contributed by atoms with E-state index in [2.05, 4.69) is 5.32 Å². The molecule has 6 nitrogen and oxygen atoms in total. The standard InChI is InChI=1S/C19H20N2O4S/c22-19(13-25-16-5-3-4-15(12-16)21(23)24)20-14-8-10-18(11-9-14)26-17-6-1-2-7-17/h3-5,8-12,17H,1-2,6-7,13H2,(H,20,22). The fourth-order valence-corrected chi connectivity index (χ4v) is 4.10. The number of carbonyl (C=O) groups excluding carboxylic acids is 1. The van der Waals surface area contributed by atoms with E-state index in [-0.39, 0.29) is 24.0 Å². The van der Waals surface area contributed by atoms with Gasteiger partial charge in [-0.05, 0) is 43.2 Å². The second kappa shape index (κ2) is 8.71. The monoisotopic (exact) mass is 372 g/mol. The van der Waals surface area contributed by atoms with E-state index in [0.717, 1.165) is 0 Å². The lowest BCUT2D eigenvalue weighted by Gasteiger charge is -2.10. The van der Waals surface area contributed by atoms with Gasteiger partial charge in [0, 0.05) is 21.9 Å². The molecule has 1 aliphatic carbocycles. The van der Waals surface area contributed by atoms with Crippen molar-refractivity contribution >= 4 is 29.0 Å². The van der Waals surface area contributed by atoms with Gasteiger partial charge in [0.05, 0.1) is 11.0 Å². The van der Waals surface area contributed by atoms with Gasteiger partial charge in [-0.1, -0.05) is 18.9 Å². The molecule has 26 heavy (non-hydrogen) atoms. The molecule has 1 N–H and O–H groups in total. The van der Waals surface area contributed by atoms with Gasteiger partial charge in [-0.2, -0.15) is 0 Å². The van der Waals surface area contributed by atoms with Crippen LogP contribution >= 0.6 is 11.8 Å². The third-order valence-electron chi connectivity index (χ3n) is 4.14. The van der Waals surface area contributed by atoms with Crippen molar-refractivity contribution in [3.05, 3.63) is 58.6 Å². The molecule has 3 rings (SSSR count). The quantitative estimate of drug-likeness (QED) is 0.565. The van der Waals surface area contributed by atoms with Gasteiger partial charge < -0.3 is 10.1 Å². The number of hydrogen-bond donors (Lipinski definition) is 1. The van der Waals surface area contributed by atoms with Crippen LogP contribution in [0.15, 0.2) is 53.4 Å². The maximum Gasteiger partial charge on any atom is 0.273 e. The Kier molecular flexibility index (Phi) is 6.12. The molecule has 2 aromatic carbocycles. The Morgan fingerprint density at radius 1 is 1.19 bits per heavy atom. The summed E-state index contributed by atoms with van der Waals surface area (Å²) in [5.74, 6) is -0.0228. The van der Waals surface area contributed by atoms with Gasteiger partial charge in [0.1, 0.15) is 5.75 Å². The lowest BCUT2D eigenvalue weighted by atomic mass is 10.3. The molecular weight excluding hydrogens is 352 g/mol. The van der Waals surface area contributed by atoms with Crippen LogP contribution in [0.25, 0.3) is 0 Å². The van der Waals surface area contributed by atoms with Gasteiger partial charge >= 0.3 is 0 Å². The van der Waals surface area contributed by atoms with Crippen LogP contribution in [-0.4, -0.2) is 22.7 Å². The van der Waals surface area contributed by atoms with E-state index in [1.165, 1.54) is 48.8 Å². The summed E-state index contributed by atoms with van der Waals surface area (Å²) in [4.78, 5) is 23.4. The van der Waals surface area contributed by atoms with Crippen LogP contribution in [0.2, 0.25) is 0 Å². The summed E-state index contributed by atoms with van der Waals surface area (Å²) in [5.41, 5.74) is 0.631. The minimum Gasteiger partial charge on any atom is -0.484 e. The lowest BCUT2D eigenvalue weighted by molar-refractivity contribution is -0.384. The summed E-state index contributed by atoms with van der Waals surface area (Å²) < 4.78 is 5.32. The zero-order valence-electron chi connectivity index (χ0n) is 14.2. The van der Waals surface area contributed by atoms with Gasteiger partial charge in [-0.3, -0.25) is 14.9 Å². The number of benzene rings is 2. The van der Waals surface area contributed by atoms with Gasteiger partial charge in [-0.25, -0.2) is 0 Å². The number of nitro groups is 1. The first-order chi connectivity index (χ1) is 12.6. The normalized spacial score (nSPS) is 14.2. The number of nitrogens with one attached hydrogen (secondary N) is 1. The SMILES string of the molecule is O=C(COc1cccc([N+](=O)[O-])c1)Nc1ccc(SC2CCCC2)cc1. The second-order valence-electron chi connectivity index (χ2n) is 6.14. The molecule has 0 saturated heterocycles. The van der Waals surface area contributed by atoms with Crippen molar-refractivity contribution in [3.63, 3.8) is 0 Å². The Morgan fingerprint density at radius 3 is 2.62 bits per heavy atom. The predicted octanol–water partition coefficient (Wildman–Crippen LogP) is 4.65. The summed E-state index contributed by atoms with van der Waals surface area (Å²) in [7, 11) is 0. The van der Waals surface area contributed by atoms with E-state index >= 15 is 0 Å². The number of ether oxygens (including phenoxy) is 1. The number of hydrogen-bond acceptors (Lipinski definition) is 5. The average Bonchev–Trinajstić information content (AvgIpc) is 3.15. The molecule has 0 aliphatic heterocycles. The molecular formula is C19H20N2O4S. The summed E-state index contributed by atoms with van der Waals surface area (Å²) in [6.07, 6.45) is 5.18. The zero-order chi connectivity index (χ0) is 18.4. The summed E-state index contributed by atoms with van der Waals surface area (Å²) >= 11 is 1.90. The van der Waals surface area contributed by atoms with Crippen molar-refractivity contribution in [2.45, 2.75) is 35.8 Å². The number of amides is 1. The molecule has 0 atom stereocenters. The highest BCUT2D eigenvalue weighted by atomic mass is 32.2. The molecule has 0 heterocycles. The minimum absolute atomic E-state index is 0.0711. The van der Waals surface area contributed by atoms with Gasteiger partial charge in [0.15, 0.2) is 6.61 Å². The number of anilines is 1. The highest BCUT2D eigenvalue weighted by molar-refractivity contribution is 8.00. The molecule has 136 valence electrons. The third kappa shape index (κ3) is 5.23. The van der Waals surface area contributed by atoms with Crippen LogP contribution in [0.3, 0.4) is 0 Å². The van der Waals surface area contributed by atoms with E-state index in [0.29, 0.717) is 10.9 Å². The Morgan fingerprint density at radius 2 is 1.92 bits per heavy atom. The maximum atomic E-state index is 12.0. The van der Waals surface area contributed by atoms with Crippen LogP contribution < -0.4 is 10.1 Å². The molecule has 7 heteroatoms. The topological polar surface area (TPSA) is 81.5 Å². The minimum atomic E-state index is -0.502. The molecule has 0 unspecified atom stereocenters. The second-order valence-corrected chi connectivity index (χ2v) is 7.51. The molecule has 0 aromatic heterocycles. The van der Waals surface area contributed by atoms with Crippen molar-refractivity contribution in [2.24, 2.45) is 0 Å². The fourth-order valence-electron chi connectivity index (χ4n) is 2.85. The zero-order valence-corrected chi connectivity index (χ0v) is 15.0. The van der Waals surface area contributed by atoms with Crippen LogP contribution in [-0.2, 0) is 4.79 Å². The number of rotatable bonds is 7. The molecule has 1 aliphatic rings. The van der Waals surface area contributed by atoms with Crippen LogP contribution in [0.1, 0.15) is 25.7 Å². The maximum absolute atomic E-state index is 12.0. The summed E-state index contributed by atoms with van der Waals surface area (Å²) in [5, 5.41) is 14.2. The molecule has 0 bridgehead atoms. The van der Waals surface area contributed by atoms with E-state index < -0.39 is 4.92 Å². The smallest absolute Gasteiger partial charge is 0.273 e. The largest absolute Gasteiger partial charge is 0.484 e. The van der Waals surface area contributed by atoms with Gasteiger partial charge in [0.2, 0.25) is 0 Å². The number of nitro benzene ring substituents is 1. The Hall–Kier alpha value is -2.54. The van der Waals surface area contributed by atoms with Crippen LogP contribution in [0.4, 0.5) is 11.4 Å². The molecule has 0 radical (unpaired) electrons. The van der Waals surface area contributed by atoms with Crippen LogP contribution in [0, 0.1) is 10.1 Å². The van der Waals surface area contributed by atoms with Gasteiger partial charge in [-0.15, -0.1) is 11.8 Å². The van der Waals surface area contributed by atoms with Crippen molar-refractivity contribution in [2.75, 3.05) is 11.9 Å². The predicted molar refractivity (Wildman–Crippen MR) is 102 cm³/mol. The first-order valence-electron chi connectivity index (χ1n) is 8.54. The first-order valence-corrected chi connectivity index (χ1v) is 9.42. The fraction of sp³-hybridized carbons (Fsp3) is 0.316. The number of nitrogens with zero attached hydrogens (tertiary/aromatic N) is 1. The van der Waals surface area contributed by atoms with Crippen molar-refractivity contribution in [1.82, 2.24) is 0 Å². The van der Waals surface area contributed by atoms with E-state index in [4.69, 9.17) is 4.74 Å². The molecule has 2 aromatic rings. The highest BCUT2D eigenvalue weighted by Gasteiger charge is 2.16. The average molecular weight is 372 g/mol. The molecule has 0 spiro atoms. The number of non-ortho nitro benzene ring substituents is 1. The Labute approximate surface area is 156 Å². The van der Waals surface area contributed by atoms with Gasteiger partial charge in [0.25, 0.3) is 11.6 Å². The Balaban J connectivity index is 1.48. The summed E-state index contributed by atoms with van der Waals surface area (Å²) in [6, 6.07) is 13.5. The lowest BCUT2D eigenvalue weighted by Crippen LogP contribution is -2.20.